The molecule has 1 aliphatic heterocycles. The smallest absolute Gasteiger partial charge is 0.322 e. The molecule has 1 aliphatic rings. The van der Waals surface area contributed by atoms with E-state index < -0.39 is 31.2 Å². The van der Waals surface area contributed by atoms with Crippen LogP contribution in [0.3, 0.4) is 0 Å². The lowest BCUT2D eigenvalue weighted by molar-refractivity contribution is -0.137. The summed E-state index contributed by atoms with van der Waals surface area (Å²) in [6.45, 7) is 3.22. The first kappa shape index (κ1) is 23.5. The number of amides is 1. The topological polar surface area (TPSA) is 99.1 Å². The summed E-state index contributed by atoms with van der Waals surface area (Å²) in [5.74, 6) is -1.09. The molecule has 1 aromatic carbocycles. The molecule has 8 heteroatoms. The van der Waals surface area contributed by atoms with Gasteiger partial charge in [-0.25, -0.2) is 4.39 Å². The van der Waals surface area contributed by atoms with Crippen LogP contribution in [0.1, 0.15) is 45.1 Å². The number of carboxylic acids is 1. The number of hydrogen-bond donors (Lipinski definition) is 3. The first-order valence-electron chi connectivity index (χ1n) is 10.3. The number of carbonyl (C=O) groups excluding carboxylic acids is 1. The molecule has 0 fully saturated rings. The predicted octanol–water partition coefficient (Wildman–Crippen LogP) is 3.54. The van der Waals surface area contributed by atoms with Crippen LogP contribution < -0.4 is 15.0 Å². The van der Waals surface area contributed by atoms with Gasteiger partial charge in [0.2, 0.25) is 0 Å². The highest BCUT2D eigenvalue weighted by Gasteiger charge is 2.27. The Bertz CT molecular complexity index is 796. The summed E-state index contributed by atoms with van der Waals surface area (Å²) in [4.78, 5) is 24.6. The number of nitrogens with zero attached hydrogens (tertiary/aromatic N) is 1. The number of carbonyl (C=O) groups is 2. The number of aliphatic carboxylic acids is 1. The normalized spacial score (nSPS) is 15.4. The Hall–Kier alpha value is -2.77. The zero-order valence-corrected chi connectivity index (χ0v) is 17.8. The van der Waals surface area contributed by atoms with Crippen molar-refractivity contribution >= 4 is 23.3 Å². The lowest BCUT2D eigenvalue weighted by Crippen LogP contribution is -2.37. The monoisotopic (exact) mass is 422 g/mol. The number of benzene rings is 1. The molecule has 2 rings (SSSR count). The zero-order chi connectivity index (χ0) is 22.3. The summed E-state index contributed by atoms with van der Waals surface area (Å²) in [6, 6.07) is 4.99. The molecule has 30 heavy (non-hydrogen) atoms. The van der Waals surface area contributed by atoms with Gasteiger partial charge >= 0.3 is 5.97 Å². The van der Waals surface area contributed by atoms with Gasteiger partial charge in [-0.15, -0.1) is 0 Å². The number of rotatable bonds is 11. The molecule has 0 radical (unpaired) electrons. The molecule has 7 nitrogen and oxygen atoms in total. The third-order valence-electron chi connectivity index (χ3n) is 5.34. The maximum absolute atomic E-state index is 13.6. The fraction of sp³-hybridized carbons (Fsp3) is 0.545. The molecule has 1 heterocycles. The highest BCUT2D eigenvalue weighted by atomic mass is 19.1. The summed E-state index contributed by atoms with van der Waals surface area (Å²) >= 11 is 0. The number of fused-ring (bicyclic) bond motifs is 1. The van der Waals surface area contributed by atoms with Gasteiger partial charge < -0.3 is 25.2 Å². The molecule has 1 amide bonds. The lowest BCUT2D eigenvalue weighted by Gasteiger charge is -2.30. The molecule has 1 aromatic rings. The average molecular weight is 422 g/mol. The van der Waals surface area contributed by atoms with Crippen LogP contribution in [0.5, 0.6) is 5.75 Å². The highest BCUT2D eigenvalue weighted by Crippen LogP contribution is 2.36. The SMILES string of the molecule is CCCC(CC)CC(CF)Oc1ccc2c(c1)N(C)CC(C(=O)NCC(=O)O)=C2O. The van der Waals surface area contributed by atoms with Crippen molar-refractivity contribution in [3.05, 3.63) is 29.3 Å². The maximum atomic E-state index is 13.6. The second kappa shape index (κ2) is 10.8. The molecule has 0 aliphatic carbocycles. The first-order chi connectivity index (χ1) is 14.3. The van der Waals surface area contributed by atoms with Crippen molar-refractivity contribution in [2.45, 2.75) is 45.6 Å². The van der Waals surface area contributed by atoms with E-state index in [1.165, 1.54) is 0 Å². The van der Waals surface area contributed by atoms with Crippen LogP contribution in [0.2, 0.25) is 0 Å². The number of aliphatic hydroxyl groups is 1. The van der Waals surface area contributed by atoms with Gasteiger partial charge in [-0.1, -0.05) is 33.1 Å². The van der Waals surface area contributed by atoms with Gasteiger partial charge in [-0.3, -0.25) is 9.59 Å². The van der Waals surface area contributed by atoms with Gasteiger partial charge in [0.1, 0.15) is 30.8 Å². The number of alkyl halides is 1. The van der Waals surface area contributed by atoms with Crippen molar-refractivity contribution in [1.29, 1.82) is 0 Å². The van der Waals surface area contributed by atoms with Gasteiger partial charge in [0, 0.05) is 18.7 Å². The number of anilines is 1. The molecule has 3 N–H and O–H groups in total. The highest BCUT2D eigenvalue weighted by molar-refractivity contribution is 6.04. The molecular weight excluding hydrogens is 391 g/mol. The number of nitrogens with one attached hydrogen (secondary N) is 1. The summed E-state index contributed by atoms with van der Waals surface area (Å²) in [7, 11) is 1.75. The number of ether oxygens (including phenoxy) is 1. The Kier molecular flexibility index (Phi) is 8.50. The molecule has 0 spiro atoms. The first-order valence-corrected chi connectivity index (χ1v) is 10.3. The van der Waals surface area contributed by atoms with Crippen LogP contribution in [-0.2, 0) is 9.59 Å². The summed E-state index contributed by atoms with van der Waals surface area (Å²) < 4.78 is 19.4. The van der Waals surface area contributed by atoms with Crippen molar-refractivity contribution in [2.75, 3.05) is 31.7 Å². The predicted molar refractivity (Wildman–Crippen MR) is 114 cm³/mol. The van der Waals surface area contributed by atoms with E-state index in [-0.39, 0.29) is 17.9 Å². The summed E-state index contributed by atoms with van der Waals surface area (Å²) in [6.07, 6.45) is 3.18. The number of halogens is 1. The van der Waals surface area contributed by atoms with Gasteiger partial charge in [0.05, 0.1) is 17.8 Å². The van der Waals surface area contributed by atoms with Crippen LogP contribution in [-0.4, -0.2) is 55.0 Å². The van der Waals surface area contributed by atoms with E-state index in [1.807, 2.05) is 0 Å². The summed E-state index contributed by atoms with van der Waals surface area (Å²) in [5.41, 5.74) is 1.18. The van der Waals surface area contributed by atoms with Gasteiger partial charge in [0.25, 0.3) is 5.91 Å². The molecule has 0 aromatic heterocycles. The minimum atomic E-state index is -1.17. The molecule has 2 atom stereocenters. The Morgan fingerprint density at radius 1 is 1.33 bits per heavy atom. The van der Waals surface area contributed by atoms with Crippen molar-refractivity contribution in [2.24, 2.45) is 5.92 Å². The van der Waals surface area contributed by atoms with E-state index >= 15 is 0 Å². The zero-order valence-electron chi connectivity index (χ0n) is 17.8. The van der Waals surface area contributed by atoms with Crippen LogP contribution in [0.15, 0.2) is 23.8 Å². The molecule has 0 saturated heterocycles. The second-order valence-corrected chi connectivity index (χ2v) is 7.63. The molecule has 0 bridgehead atoms. The quantitative estimate of drug-likeness (QED) is 0.505. The number of carboxylic acid groups (broad SMARTS) is 1. The number of likely N-dealkylation sites (N-methyl/N-ethyl adjacent to an activating group) is 1. The minimum absolute atomic E-state index is 0.0897. The van der Waals surface area contributed by atoms with Crippen molar-refractivity contribution < 1.29 is 28.9 Å². The van der Waals surface area contributed by atoms with Gasteiger partial charge in [-0.2, -0.15) is 0 Å². The van der Waals surface area contributed by atoms with Crippen LogP contribution in [0, 0.1) is 5.92 Å². The van der Waals surface area contributed by atoms with E-state index in [4.69, 9.17) is 9.84 Å². The molecular formula is C22H31FN2O5. The van der Waals surface area contributed by atoms with E-state index in [0.29, 0.717) is 29.3 Å². The van der Waals surface area contributed by atoms with E-state index in [0.717, 1.165) is 19.3 Å². The van der Waals surface area contributed by atoms with Crippen molar-refractivity contribution in [3.63, 3.8) is 0 Å². The minimum Gasteiger partial charge on any atom is -0.507 e. The van der Waals surface area contributed by atoms with E-state index in [2.05, 4.69) is 19.2 Å². The van der Waals surface area contributed by atoms with Gasteiger partial charge in [0.15, 0.2) is 0 Å². The molecule has 0 saturated carbocycles. The lowest BCUT2D eigenvalue weighted by atomic mass is 9.94. The average Bonchev–Trinajstić information content (AvgIpc) is 2.73. The standard InChI is InChI=1S/C22H31FN2O5/c1-4-6-14(5-2)9-16(11-23)30-15-7-8-17-19(10-15)25(3)13-18(21(17)28)22(29)24-12-20(26)27/h7-8,10,14,16,28H,4-6,9,11-13H2,1-3H3,(H,24,29)(H,26,27). The third-order valence-corrected chi connectivity index (χ3v) is 5.34. The maximum Gasteiger partial charge on any atom is 0.322 e. The number of hydrogen-bond acceptors (Lipinski definition) is 5. The number of aliphatic hydroxyl groups excluding tert-OH is 1. The molecule has 166 valence electrons. The van der Waals surface area contributed by atoms with E-state index in [1.54, 1.807) is 30.1 Å². The fourth-order valence-electron chi connectivity index (χ4n) is 3.71. The Morgan fingerprint density at radius 2 is 2.07 bits per heavy atom. The fourth-order valence-corrected chi connectivity index (χ4v) is 3.71. The van der Waals surface area contributed by atoms with Crippen molar-refractivity contribution in [3.8, 4) is 5.75 Å². The second-order valence-electron chi connectivity index (χ2n) is 7.63. The Morgan fingerprint density at radius 3 is 2.67 bits per heavy atom. The summed E-state index contributed by atoms with van der Waals surface area (Å²) in [5, 5.41) is 21.5. The van der Waals surface area contributed by atoms with Crippen molar-refractivity contribution in [1.82, 2.24) is 5.32 Å². The van der Waals surface area contributed by atoms with Crippen LogP contribution in [0.4, 0.5) is 10.1 Å². The van der Waals surface area contributed by atoms with Crippen LogP contribution >= 0.6 is 0 Å². The van der Waals surface area contributed by atoms with Crippen LogP contribution in [0.25, 0.3) is 5.76 Å². The third kappa shape index (κ3) is 5.87. The van der Waals surface area contributed by atoms with E-state index in [9.17, 15) is 19.1 Å². The van der Waals surface area contributed by atoms with Gasteiger partial charge in [-0.05, 0) is 24.5 Å². The largest absolute Gasteiger partial charge is 0.507 e. The molecule has 2 unspecified atom stereocenters. The Labute approximate surface area is 176 Å². The Balaban J connectivity index is 2.19.